The van der Waals surface area contributed by atoms with Gasteiger partial charge in [0.25, 0.3) is 0 Å². The molecule has 0 radical (unpaired) electrons. The van der Waals surface area contributed by atoms with Gasteiger partial charge in [-0.05, 0) is 48.0 Å². The summed E-state index contributed by atoms with van der Waals surface area (Å²) in [6, 6.07) is 24.6. The quantitative estimate of drug-likeness (QED) is 0.356. The molecule has 1 aliphatic rings. The lowest BCUT2D eigenvalue weighted by Gasteiger charge is -2.36. The SMILES string of the molecule is O=C(Oc1ccc(Cl)cc1)N1CCn2c(cc3ccc(Cl)cc32)C1c1ccccc1. The fourth-order valence-electron chi connectivity index (χ4n) is 4.07. The highest BCUT2D eigenvalue weighted by atomic mass is 35.5. The Morgan fingerprint density at radius 1 is 0.867 bits per heavy atom. The van der Waals surface area contributed by atoms with E-state index in [0.717, 1.165) is 22.2 Å². The van der Waals surface area contributed by atoms with Crippen LogP contribution in [0.4, 0.5) is 4.79 Å². The van der Waals surface area contributed by atoms with E-state index in [4.69, 9.17) is 27.9 Å². The number of rotatable bonds is 2. The van der Waals surface area contributed by atoms with E-state index in [1.807, 2.05) is 48.5 Å². The number of hydrogen-bond donors (Lipinski definition) is 0. The predicted octanol–water partition coefficient (Wildman–Crippen LogP) is 6.55. The third-order valence-electron chi connectivity index (χ3n) is 5.42. The van der Waals surface area contributed by atoms with Crippen molar-refractivity contribution in [3.05, 3.63) is 100 Å². The molecule has 1 amide bonds. The zero-order valence-corrected chi connectivity index (χ0v) is 17.5. The molecule has 0 saturated carbocycles. The van der Waals surface area contributed by atoms with Gasteiger partial charge < -0.3 is 9.30 Å². The summed E-state index contributed by atoms with van der Waals surface area (Å²) in [4.78, 5) is 14.9. The van der Waals surface area contributed by atoms with E-state index in [2.05, 4.69) is 10.6 Å². The van der Waals surface area contributed by atoms with Gasteiger partial charge in [-0.3, -0.25) is 4.90 Å². The number of carbonyl (C=O) groups is 1. The summed E-state index contributed by atoms with van der Waals surface area (Å²) in [6.07, 6.45) is -0.388. The highest BCUT2D eigenvalue weighted by Crippen LogP contribution is 2.37. The van der Waals surface area contributed by atoms with Crippen molar-refractivity contribution in [1.29, 1.82) is 0 Å². The van der Waals surface area contributed by atoms with E-state index in [9.17, 15) is 4.79 Å². The van der Waals surface area contributed by atoms with Gasteiger partial charge in [0.15, 0.2) is 0 Å². The standard InChI is InChI=1S/C24H18Cl2N2O2/c25-18-8-10-20(11-9-18)30-24(29)28-13-12-27-21-15-19(26)7-6-17(21)14-22(27)23(28)16-4-2-1-3-5-16/h1-11,14-15,23H,12-13H2. The molecule has 150 valence electrons. The summed E-state index contributed by atoms with van der Waals surface area (Å²) in [7, 11) is 0. The Morgan fingerprint density at radius 3 is 2.37 bits per heavy atom. The molecule has 1 aliphatic heterocycles. The first-order valence-electron chi connectivity index (χ1n) is 9.68. The van der Waals surface area contributed by atoms with Crippen molar-refractivity contribution in [3.8, 4) is 5.75 Å². The first kappa shape index (κ1) is 19.0. The molecular formula is C24H18Cl2N2O2. The summed E-state index contributed by atoms with van der Waals surface area (Å²) < 4.78 is 7.91. The van der Waals surface area contributed by atoms with Crippen LogP contribution in [0.3, 0.4) is 0 Å². The van der Waals surface area contributed by atoms with Crippen LogP contribution < -0.4 is 4.74 Å². The number of hydrogen-bond acceptors (Lipinski definition) is 2. The van der Waals surface area contributed by atoms with Crippen LogP contribution in [-0.4, -0.2) is 22.1 Å². The van der Waals surface area contributed by atoms with Gasteiger partial charge in [-0.15, -0.1) is 0 Å². The Morgan fingerprint density at radius 2 is 1.60 bits per heavy atom. The van der Waals surface area contributed by atoms with Crippen LogP contribution in [-0.2, 0) is 6.54 Å². The van der Waals surface area contributed by atoms with E-state index in [0.29, 0.717) is 28.9 Å². The monoisotopic (exact) mass is 436 g/mol. The second-order valence-corrected chi connectivity index (χ2v) is 8.13. The van der Waals surface area contributed by atoms with Crippen molar-refractivity contribution < 1.29 is 9.53 Å². The Hall–Kier alpha value is -2.95. The van der Waals surface area contributed by atoms with Gasteiger partial charge in [0.1, 0.15) is 11.8 Å². The van der Waals surface area contributed by atoms with E-state index < -0.39 is 0 Å². The van der Waals surface area contributed by atoms with E-state index in [1.165, 1.54) is 0 Å². The second-order valence-electron chi connectivity index (χ2n) is 7.25. The number of fused-ring (bicyclic) bond motifs is 3. The Kier molecular flexibility index (Phi) is 4.89. The van der Waals surface area contributed by atoms with Crippen LogP contribution in [0.1, 0.15) is 17.3 Å². The number of ether oxygens (including phenoxy) is 1. The number of halogens is 2. The minimum absolute atomic E-state index is 0.258. The summed E-state index contributed by atoms with van der Waals surface area (Å²) in [5.41, 5.74) is 3.14. The number of benzene rings is 3. The van der Waals surface area contributed by atoms with Gasteiger partial charge in [0.05, 0.1) is 0 Å². The average molecular weight is 437 g/mol. The van der Waals surface area contributed by atoms with Crippen LogP contribution >= 0.6 is 23.2 Å². The molecule has 4 nitrogen and oxygen atoms in total. The van der Waals surface area contributed by atoms with Crippen LogP contribution in [0.5, 0.6) is 5.75 Å². The van der Waals surface area contributed by atoms with Crippen molar-refractivity contribution in [2.75, 3.05) is 6.54 Å². The van der Waals surface area contributed by atoms with Crippen LogP contribution in [0.15, 0.2) is 78.9 Å². The van der Waals surface area contributed by atoms with E-state index in [-0.39, 0.29) is 12.1 Å². The maximum absolute atomic E-state index is 13.2. The Labute approximate surface area is 184 Å². The van der Waals surface area contributed by atoms with Gasteiger partial charge in [0, 0.05) is 39.7 Å². The highest BCUT2D eigenvalue weighted by Gasteiger charge is 2.34. The number of amides is 1. The van der Waals surface area contributed by atoms with E-state index in [1.54, 1.807) is 29.2 Å². The molecule has 0 fully saturated rings. The summed E-state index contributed by atoms with van der Waals surface area (Å²) in [5.74, 6) is 0.467. The molecule has 30 heavy (non-hydrogen) atoms. The molecule has 1 unspecified atom stereocenters. The third-order valence-corrected chi connectivity index (χ3v) is 5.91. The number of nitrogens with zero attached hydrogens (tertiary/aromatic N) is 2. The molecule has 0 saturated heterocycles. The van der Waals surface area contributed by atoms with Gasteiger partial charge >= 0.3 is 6.09 Å². The van der Waals surface area contributed by atoms with Crippen LogP contribution in [0.25, 0.3) is 10.9 Å². The molecule has 1 aromatic heterocycles. The molecular weight excluding hydrogens is 419 g/mol. The Balaban J connectivity index is 1.57. The first-order chi connectivity index (χ1) is 14.6. The van der Waals surface area contributed by atoms with Crippen molar-refractivity contribution in [2.24, 2.45) is 0 Å². The van der Waals surface area contributed by atoms with Crippen molar-refractivity contribution in [2.45, 2.75) is 12.6 Å². The molecule has 0 N–H and O–H groups in total. The van der Waals surface area contributed by atoms with E-state index >= 15 is 0 Å². The molecule has 0 bridgehead atoms. The molecule has 4 aromatic rings. The molecule has 2 heterocycles. The molecule has 1 atom stereocenters. The van der Waals surface area contributed by atoms with Crippen LogP contribution in [0.2, 0.25) is 10.0 Å². The lowest BCUT2D eigenvalue weighted by Crippen LogP contribution is -2.43. The summed E-state index contributed by atoms with van der Waals surface area (Å²) in [6.45, 7) is 1.19. The largest absolute Gasteiger partial charge is 0.416 e. The van der Waals surface area contributed by atoms with Gasteiger partial charge in [-0.1, -0.05) is 59.6 Å². The van der Waals surface area contributed by atoms with Crippen molar-refractivity contribution >= 4 is 40.2 Å². The number of carbonyl (C=O) groups excluding carboxylic acids is 1. The maximum Gasteiger partial charge on any atom is 0.416 e. The first-order valence-corrected chi connectivity index (χ1v) is 10.4. The molecule has 5 rings (SSSR count). The highest BCUT2D eigenvalue weighted by molar-refractivity contribution is 6.31. The normalized spacial score (nSPS) is 15.8. The zero-order valence-electron chi connectivity index (χ0n) is 16.0. The maximum atomic E-state index is 13.2. The molecule has 6 heteroatoms. The fourth-order valence-corrected chi connectivity index (χ4v) is 4.36. The molecule has 0 spiro atoms. The smallest absolute Gasteiger partial charge is 0.410 e. The summed E-state index contributed by atoms with van der Waals surface area (Å²) >= 11 is 12.2. The summed E-state index contributed by atoms with van der Waals surface area (Å²) in [5, 5.41) is 2.39. The lowest BCUT2D eigenvalue weighted by atomic mass is 10.0. The molecule has 0 aliphatic carbocycles. The minimum Gasteiger partial charge on any atom is -0.410 e. The minimum atomic E-state index is -0.388. The predicted molar refractivity (Wildman–Crippen MR) is 119 cm³/mol. The van der Waals surface area contributed by atoms with Crippen molar-refractivity contribution in [1.82, 2.24) is 9.47 Å². The van der Waals surface area contributed by atoms with Crippen molar-refractivity contribution in [3.63, 3.8) is 0 Å². The lowest BCUT2D eigenvalue weighted by molar-refractivity contribution is 0.127. The fraction of sp³-hybridized carbons (Fsp3) is 0.125. The zero-order chi connectivity index (χ0) is 20.7. The Bertz CT molecular complexity index is 1220. The van der Waals surface area contributed by atoms with Gasteiger partial charge in [0.2, 0.25) is 0 Å². The van der Waals surface area contributed by atoms with Gasteiger partial charge in [-0.2, -0.15) is 0 Å². The molecule has 3 aromatic carbocycles. The average Bonchev–Trinajstić information content (AvgIpc) is 3.13. The second kappa shape index (κ2) is 7.71. The van der Waals surface area contributed by atoms with Gasteiger partial charge in [-0.25, -0.2) is 4.79 Å². The third kappa shape index (κ3) is 3.42. The number of aromatic nitrogens is 1. The van der Waals surface area contributed by atoms with Crippen LogP contribution in [0, 0.1) is 0 Å². The topological polar surface area (TPSA) is 34.5 Å².